The van der Waals surface area contributed by atoms with Crippen LogP contribution in [0.15, 0.2) is 75.9 Å². The zero-order valence-corrected chi connectivity index (χ0v) is 13.3. The third-order valence-corrected chi connectivity index (χ3v) is 4.12. The largest absolute Gasteiger partial charge is 0.440 e. The highest BCUT2D eigenvalue weighted by atomic mass is 79.9. The summed E-state index contributed by atoms with van der Waals surface area (Å²) in [5.74, 6) is 0.738. The van der Waals surface area contributed by atoms with Gasteiger partial charge in [0.1, 0.15) is 5.52 Å². The number of benzene rings is 2. The fraction of sp³-hybridized carbons (Fsp3) is 0.0556. The van der Waals surface area contributed by atoms with E-state index in [1.54, 1.807) is 0 Å². The van der Waals surface area contributed by atoms with Gasteiger partial charge in [-0.2, -0.15) is 0 Å². The summed E-state index contributed by atoms with van der Waals surface area (Å²) in [4.78, 5) is 4.61. The molecule has 0 spiro atoms. The lowest BCUT2D eigenvalue weighted by molar-refractivity contribution is 0.544. The first-order valence-corrected chi connectivity index (χ1v) is 7.84. The molecule has 0 saturated heterocycles. The molecule has 108 valence electrons. The van der Waals surface area contributed by atoms with Gasteiger partial charge in [-0.05, 0) is 48.0 Å². The molecule has 4 rings (SSSR count). The van der Waals surface area contributed by atoms with E-state index in [0.29, 0.717) is 6.42 Å². The molecule has 2 heterocycles. The molecule has 0 unspecified atom stereocenters. The van der Waals surface area contributed by atoms with Gasteiger partial charge in [-0.3, -0.25) is 0 Å². The van der Waals surface area contributed by atoms with E-state index in [-0.39, 0.29) is 0 Å². The quantitative estimate of drug-likeness (QED) is 0.521. The molecule has 4 heteroatoms. The van der Waals surface area contributed by atoms with E-state index in [4.69, 9.17) is 4.42 Å². The fourth-order valence-electron chi connectivity index (χ4n) is 2.48. The van der Waals surface area contributed by atoms with E-state index in [1.165, 1.54) is 5.56 Å². The van der Waals surface area contributed by atoms with Crippen LogP contribution < -0.4 is 0 Å². The number of nitrogens with zero attached hydrogens (tertiary/aromatic N) is 2. The van der Waals surface area contributed by atoms with Crippen molar-refractivity contribution in [3.63, 3.8) is 0 Å². The summed E-state index contributed by atoms with van der Waals surface area (Å²) in [7, 11) is 0. The Hall–Kier alpha value is -2.33. The number of hydrogen-bond donors (Lipinski definition) is 0. The Kier molecular flexibility index (Phi) is 3.31. The number of aromatic nitrogens is 2. The van der Waals surface area contributed by atoms with Crippen molar-refractivity contribution in [2.45, 2.75) is 6.42 Å². The van der Waals surface area contributed by atoms with Gasteiger partial charge in [0, 0.05) is 29.0 Å². The molecule has 0 amide bonds. The lowest BCUT2D eigenvalue weighted by atomic mass is 10.1. The summed E-state index contributed by atoms with van der Waals surface area (Å²) in [5.41, 5.74) is 3.97. The molecule has 2 aromatic heterocycles. The van der Waals surface area contributed by atoms with Crippen molar-refractivity contribution < 1.29 is 4.42 Å². The second kappa shape index (κ2) is 5.46. The van der Waals surface area contributed by atoms with Gasteiger partial charge >= 0.3 is 0 Å². The first-order valence-electron chi connectivity index (χ1n) is 7.05. The molecule has 0 atom stereocenters. The zero-order chi connectivity index (χ0) is 14.9. The molecular weight excluding hydrogens is 340 g/mol. The lowest BCUT2D eigenvalue weighted by Crippen LogP contribution is -1.89. The third-order valence-electron chi connectivity index (χ3n) is 3.59. The molecule has 0 aliphatic carbocycles. The molecule has 0 N–H and O–H groups in total. The molecule has 22 heavy (non-hydrogen) atoms. The molecule has 2 aromatic carbocycles. The molecule has 0 aliphatic rings. The molecule has 0 bridgehead atoms. The highest BCUT2D eigenvalue weighted by Crippen LogP contribution is 2.21. The Labute approximate surface area is 136 Å². The van der Waals surface area contributed by atoms with Crippen LogP contribution in [0.1, 0.15) is 11.5 Å². The SMILES string of the molecule is Brc1ccc(Cc2nc3cc(-n4cccc4)ccc3o2)cc1. The van der Waals surface area contributed by atoms with E-state index in [0.717, 1.165) is 27.2 Å². The number of oxazole rings is 1. The number of rotatable bonds is 3. The van der Waals surface area contributed by atoms with Crippen molar-refractivity contribution in [3.8, 4) is 5.69 Å². The Morgan fingerprint density at radius 2 is 1.77 bits per heavy atom. The average Bonchev–Trinajstić information content (AvgIpc) is 3.17. The van der Waals surface area contributed by atoms with Crippen LogP contribution in [-0.4, -0.2) is 9.55 Å². The van der Waals surface area contributed by atoms with E-state index >= 15 is 0 Å². The van der Waals surface area contributed by atoms with E-state index < -0.39 is 0 Å². The highest BCUT2D eigenvalue weighted by Gasteiger charge is 2.08. The van der Waals surface area contributed by atoms with Gasteiger partial charge in [-0.1, -0.05) is 28.1 Å². The Balaban J connectivity index is 1.67. The topological polar surface area (TPSA) is 31.0 Å². The van der Waals surface area contributed by atoms with Gasteiger partial charge < -0.3 is 8.98 Å². The van der Waals surface area contributed by atoms with Crippen LogP contribution in [0.3, 0.4) is 0 Å². The summed E-state index contributed by atoms with van der Waals surface area (Å²) in [6.45, 7) is 0. The molecule has 0 saturated carbocycles. The van der Waals surface area contributed by atoms with Crippen LogP contribution in [0.2, 0.25) is 0 Å². The van der Waals surface area contributed by atoms with Gasteiger partial charge in [0.25, 0.3) is 0 Å². The van der Waals surface area contributed by atoms with Crippen molar-refractivity contribution in [1.82, 2.24) is 9.55 Å². The zero-order valence-electron chi connectivity index (χ0n) is 11.7. The maximum Gasteiger partial charge on any atom is 0.199 e. The summed E-state index contributed by atoms with van der Waals surface area (Å²) in [6.07, 6.45) is 4.73. The lowest BCUT2D eigenvalue weighted by Gasteiger charge is -2.00. The summed E-state index contributed by atoms with van der Waals surface area (Å²) < 4.78 is 8.97. The fourth-order valence-corrected chi connectivity index (χ4v) is 2.75. The molecule has 0 fully saturated rings. The van der Waals surface area contributed by atoms with Crippen LogP contribution in [0.5, 0.6) is 0 Å². The standard InChI is InChI=1S/C18H13BrN2O/c19-14-5-3-13(4-6-14)11-18-20-16-12-15(7-8-17(16)22-18)21-9-1-2-10-21/h1-10,12H,11H2. The van der Waals surface area contributed by atoms with Crippen molar-refractivity contribution in [2.75, 3.05) is 0 Å². The number of halogens is 1. The van der Waals surface area contributed by atoms with Crippen LogP contribution in [0.25, 0.3) is 16.8 Å². The van der Waals surface area contributed by atoms with Crippen molar-refractivity contribution in [1.29, 1.82) is 0 Å². The highest BCUT2D eigenvalue weighted by molar-refractivity contribution is 9.10. The van der Waals surface area contributed by atoms with E-state index in [1.807, 2.05) is 54.9 Å². The van der Waals surface area contributed by atoms with Crippen molar-refractivity contribution in [2.24, 2.45) is 0 Å². The van der Waals surface area contributed by atoms with Gasteiger partial charge in [0.15, 0.2) is 11.5 Å². The minimum Gasteiger partial charge on any atom is -0.440 e. The van der Waals surface area contributed by atoms with Crippen molar-refractivity contribution >= 4 is 27.0 Å². The second-order valence-electron chi connectivity index (χ2n) is 5.15. The van der Waals surface area contributed by atoms with Crippen LogP contribution in [0.4, 0.5) is 0 Å². The second-order valence-corrected chi connectivity index (χ2v) is 6.07. The van der Waals surface area contributed by atoms with E-state index in [9.17, 15) is 0 Å². The van der Waals surface area contributed by atoms with Crippen LogP contribution >= 0.6 is 15.9 Å². The molecule has 4 aromatic rings. The first kappa shape index (κ1) is 13.3. The Morgan fingerprint density at radius 1 is 1.00 bits per heavy atom. The minimum atomic E-state index is 0.695. The van der Waals surface area contributed by atoms with Crippen LogP contribution in [0, 0.1) is 0 Å². The average molecular weight is 353 g/mol. The number of fused-ring (bicyclic) bond motifs is 1. The Morgan fingerprint density at radius 3 is 2.55 bits per heavy atom. The van der Waals surface area contributed by atoms with Gasteiger partial charge in [-0.15, -0.1) is 0 Å². The van der Waals surface area contributed by atoms with Gasteiger partial charge in [0.05, 0.1) is 0 Å². The molecular formula is C18H13BrN2O. The monoisotopic (exact) mass is 352 g/mol. The minimum absolute atomic E-state index is 0.695. The molecule has 0 aliphatic heterocycles. The normalized spacial score (nSPS) is 11.1. The predicted molar refractivity (Wildman–Crippen MR) is 90.3 cm³/mol. The van der Waals surface area contributed by atoms with Gasteiger partial charge in [-0.25, -0.2) is 4.98 Å². The van der Waals surface area contributed by atoms with Crippen molar-refractivity contribution in [3.05, 3.63) is 82.9 Å². The maximum atomic E-state index is 5.84. The molecule has 0 radical (unpaired) electrons. The molecule has 3 nitrogen and oxygen atoms in total. The summed E-state index contributed by atoms with van der Waals surface area (Å²) in [5, 5.41) is 0. The first-order chi connectivity index (χ1) is 10.8. The van der Waals surface area contributed by atoms with E-state index in [2.05, 4.69) is 37.6 Å². The number of hydrogen-bond acceptors (Lipinski definition) is 2. The van der Waals surface area contributed by atoms with Crippen LogP contribution in [-0.2, 0) is 6.42 Å². The summed E-state index contributed by atoms with van der Waals surface area (Å²) in [6, 6.07) is 18.3. The third kappa shape index (κ3) is 2.57. The Bertz CT molecular complexity index is 908. The predicted octanol–water partition coefficient (Wildman–Crippen LogP) is 4.97. The summed E-state index contributed by atoms with van der Waals surface area (Å²) >= 11 is 3.44. The maximum absolute atomic E-state index is 5.84. The smallest absolute Gasteiger partial charge is 0.199 e. The van der Waals surface area contributed by atoms with Gasteiger partial charge in [0.2, 0.25) is 0 Å².